The van der Waals surface area contributed by atoms with E-state index in [1.54, 1.807) is 30.3 Å². The summed E-state index contributed by atoms with van der Waals surface area (Å²) in [6.07, 6.45) is 0. The minimum absolute atomic E-state index is 0.0697. The van der Waals surface area contributed by atoms with E-state index in [2.05, 4.69) is 26.1 Å². The summed E-state index contributed by atoms with van der Waals surface area (Å²) < 4.78 is 14.1. The van der Waals surface area contributed by atoms with Crippen molar-refractivity contribution < 1.29 is 18.8 Å². The largest absolute Gasteiger partial charge is 0.326 e. The van der Waals surface area contributed by atoms with Crippen molar-refractivity contribution in [3.8, 4) is 0 Å². The Morgan fingerprint density at radius 3 is 2.47 bits per heavy atom. The standard InChI is InChI=1S/C19H16FN5O3S2/c1-11(26)21-12-5-4-6-13(9-12)22-16(27)10-29-19-25-24-18(30-19)23-17(28)14-7-2-3-8-15(14)20/h2-9H,10H2,1H3,(H,21,26)(H,22,27)(H,23,24,28). The van der Waals surface area contributed by atoms with E-state index in [-0.39, 0.29) is 28.3 Å². The van der Waals surface area contributed by atoms with Gasteiger partial charge in [-0.1, -0.05) is 41.3 Å². The van der Waals surface area contributed by atoms with E-state index in [1.807, 2.05) is 0 Å². The third kappa shape index (κ3) is 6.09. The third-order valence-electron chi connectivity index (χ3n) is 3.54. The van der Waals surface area contributed by atoms with E-state index < -0.39 is 11.7 Å². The zero-order valence-corrected chi connectivity index (χ0v) is 17.3. The summed E-state index contributed by atoms with van der Waals surface area (Å²) in [5, 5.41) is 15.8. The van der Waals surface area contributed by atoms with Gasteiger partial charge >= 0.3 is 0 Å². The van der Waals surface area contributed by atoms with E-state index in [4.69, 9.17) is 0 Å². The molecule has 154 valence electrons. The number of hydrogen-bond acceptors (Lipinski definition) is 7. The maximum atomic E-state index is 13.7. The lowest BCUT2D eigenvalue weighted by atomic mass is 10.2. The predicted octanol–water partition coefficient (Wildman–Crippen LogP) is 3.62. The summed E-state index contributed by atoms with van der Waals surface area (Å²) in [6.45, 7) is 1.40. The molecule has 0 radical (unpaired) electrons. The van der Waals surface area contributed by atoms with Crippen molar-refractivity contribution in [2.45, 2.75) is 11.3 Å². The van der Waals surface area contributed by atoms with Gasteiger partial charge in [0.25, 0.3) is 5.91 Å². The van der Waals surface area contributed by atoms with Gasteiger partial charge in [-0.25, -0.2) is 4.39 Å². The highest BCUT2D eigenvalue weighted by atomic mass is 32.2. The number of hydrogen-bond donors (Lipinski definition) is 3. The van der Waals surface area contributed by atoms with Gasteiger partial charge in [0.1, 0.15) is 5.82 Å². The van der Waals surface area contributed by atoms with Crippen LogP contribution in [0.3, 0.4) is 0 Å². The molecule has 3 aromatic rings. The van der Waals surface area contributed by atoms with E-state index in [0.717, 1.165) is 23.1 Å². The fourth-order valence-corrected chi connectivity index (χ4v) is 3.88. The van der Waals surface area contributed by atoms with Gasteiger partial charge in [-0.3, -0.25) is 19.7 Å². The number of nitrogens with one attached hydrogen (secondary N) is 3. The first-order valence-corrected chi connectivity index (χ1v) is 10.4. The molecular weight excluding hydrogens is 429 g/mol. The Hall–Kier alpha value is -3.31. The lowest BCUT2D eigenvalue weighted by molar-refractivity contribution is -0.114. The van der Waals surface area contributed by atoms with E-state index in [1.165, 1.54) is 25.1 Å². The molecule has 0 bridgehead atoms. The Morgan fingerprint density at radius 2 is 1.73 bits per heavy atom. The summed E-state index contributed by atoms with van der Waals surface area (Å²) in [4.78, 5) is 35.4. The van der Waals surface area contributed by atoms with E-state index >= 15 is 0 Å². The lowest BCUT2D eigenvalue weighted by Gasteiger charge is -2.07. The summed E-state index contributed by atoms with van der Waals surface area (Å²) >= 11 is 2.23. The van der Waals surface area contributed by atoms with Crippen LogP contribution in [0.2, 0.25) is 0 Å². The molecule has 11 heteroatoms. The molecule has 0 atom stereocenters. The molecule has 3 amide bonds. The van der Waals surface area contributed by atoms with Crippen LogP contribution in [0.4, 0.5) is 20.9 Å². The molecule has 3 rings (SSSR count). The molecule has 0 fully saturated rings. The molecular formula is C19H16FN5O3S2. The molecule has 0 aliphatic heterocycles. The zero-order valence-electron chi connectivity index (χ0n) is 15.6. The first kappa shape index (κ1) is 21.4. The number of halogens is 1. The van der Waals surface area contributed by atoms with Crippen molar-refractivity contribution in [2.24, 2.45) is 0 Å². The van der Waals surface area contributed by atoms with Crippen molar-refractivity contribution in [2.75, 3.05) is 21.7 Å². The Morgan fingerprint density at radius 1 is 1.00 bits per heavy atom. The molecule has 0 saturated carbocycles. The average molecular weight is 446 g/mol. The van der Waals surface area contributed by atoms with Crippen LogP contribution in [0.1, 0.15) is 17.3 Å². The van der Waals surface area contributed by atoms with Crippen LogP contribution in [-0.4, -0.2) is 33.7 Å². The molecule has 1 aromatic heterocycles. The molecule has 2 aromatic carbocycles. The summed E-state index contributed by atoms with van der Waals surface area (Å²) in [7, 11) is 0. The number of carbonyl (C=O) groups is 3. The normalized spacial score (nSPS) is 10.3. The third-order valence-corrected chi connectivity index (χ3v) is 5.51. The van der Waals surface area contributed by atoms with Crippen LogP contribution in [0.25, 0.3) is 0 Å². The predicted molar refractivity (Wildman–Crippen MR) is 114 cm³/mol. The molecule has 0 aliphatic carbocycles. The number of amides is 3. The van der Waals surface area contributed by atoms with Crippen LogP contribution in [0.5, 0.6) is 0 Å². The molecule has 8 nitrogen and oxygen atoms in total. The lowest BCUT2D eigenvalue weighted by Crippen LogP contribution is -2.14. The Bertz CT molecular complexity index is 1090. The monoisotopic (exact) mass is 445 g/mol. The Balaban J connectivity index is 1.51. The van der Waals surface area contributed by atoms with Crippen LogP contribution in [-0.2, 0) is 9.59 Å². The Kier molecular flexibility index (Phi) is 7.09. The van der Waals surface area contributed by atoms with Gasteiger partial charge in [0, 0.05) is 18.3 Å². The van der Waals surface area contributed by atoms with Crippen molar-refractivity contribution in [1.82, 2.24) is 10.2 Å². The van der Waals surface area contributed by atoms with Gasteiger partial charge in [-0.15, -0.1) is 10.2 Å². The number of benzene rings is 2. The topological polar surface area (TPSA) is 113 Å². The number of thioether (sulfide) groups is 1. The van der Waals surface area contributed by atoms with Crippen molar-refractivity contribution in [3.63, 3.8) is 0 Å². The molecule has 0 unspecified atom stereocenters. The number of anilines is 3. The van der Waals surface area contributed by atoms with Gasteiger partial charge in [0.15, 0.2) is 4.34 Å². The number of rotatable bonds is 7. The van der Waals surface area contributed by atoms with Crippen molar-refractivity contribution in [1.29, 1.82) is 0 Å². The van der Waals surface area contributed by atoms with E-state index in [0.29, 0.717) is 15.7 Å². The zero-order chi connectivity index (χ0) is 21.5. The molecule has 0 aliphatic rings. The molecule has 30 heavy (non-hydrogen) atoms. The smallest absolute Gasteiger partial charge is 0.260 e. The first-order chi connectivity index (χ1) is 14.4. The first-order valence-electron chi connectivity index (χ1n) is 8.60. The SMILES string of the molecule is CC(=O)Nc1cccc(NC(=O)CSc2nnc(NC(=O)c3ccccc3F)s2)c1. The fraction of sp³-hybridized carbons (Fsp3) is 0.105. The van der Waals surface area contributed by atoms with Gasteiger partial charge in [-0.2, -0.15) is 0 Å². The second-order valence-electron chi connectivity index (χ2n) is 5.91. The van der Waals surface area contributed by atoms with E-state index in [9.17, 15) is 18.8 Å². The minimum Gasteiger partial charge on any atom is -0.326 e. The summed E-state index contributed by atoms with van der Waals surface area (Å²) in [5.74, 6) is -1.67. The summed E-state index contributed by atoms with van der Waals surface area (Å²) in [6, 6.07) is 12.4. The molecule has 3 N–H and O–H groups in total. The van der Waals surface area contributed by atoms with Crippen LogP contribution in [0.15, 0.2) is 52.9 Å². The molecule has 1 heterocycles. The number of aromatic nitrogens is 2. The highest BCUT2D eigenvalue weighted by Crippen LogP contribution is 2.26. The van der Waals surface area contributed by atoms with Crippen molar-refractivity contribution in [3.05, 3.63) is 59.9 Å². The van der Waals surface area contributed by atoms with Gasteiger partial charge < -0.3 is 10.6 Å². The quantitative estimate of drug-likeness (QED) is 0.378. The molecule has 0 saturated heterocycles. The van der Waals surface area contributed by atoms with Gasteiger partial charge in [0.05, 0.1) is 11.3 Å². The maximum absolute atomic E-state index is 13.7. The van der Waals surface area contributed by atoms with Crippen molar-refractivity contribution >= 4 is 57.3 Å². The number of carbonyl (C=O) groups excluding carboxylic acids is 3. The minimum atomic E-state index is -0.631. The second kappa shape index (κ2) is 9.94. The van der Waals surface area contributed by atoms with Gasteiger partial charge in [-0.05, 0) is 30.3 Å². The van der Waals surface area contributed by atoms with Crippen LogP contribution >= 0.6 is 23.1 Å². The highest BCUT2D eigenvalue weighted by Gasteiger charge is 2.14. The Labute approximate surface area is 179 Å². The van der Waals surface area contributed by atoms with Gasteiger partial charge in [0.2, 0.25) is 16.9 Å². The van der Waals surface area contributed by atoms with Crippen LogP contribution in [0, 0.1) is 5.82 Å². The molecule has 0 spiro atoms. The highest BCUT2D eigenvalue weighted by molar-refractivity contribution is 8.01. The second-order valence-corrected chi connectivity index (χ2v) is 8.11. The average Bonchev–Trinajstić information content (AvgIpc) is 3.14. The maximum Gasteiger partial charge on any atom is 0.260 e. The fourth-order valence-electron chi connectivity index (χ4n) is 2.33. The van der Waals surface area contributed by atoms with Crippen LogP contribution < -0.4 is 16.0 Å². The summed E-state index contributed by atoms with van der Waals surface area (Å²) in [5.41, 5.74) is 1.03. The number of nitrogens with zero attached hydrogens (tertiary/aromatic N) is 2.